The lowest BCUT2D eigenvalue weighted by molar-refractivity contribution is -0.00637. The van der Waals surface area contributed by atoms with E-state index in [2.05, 4.69) is 12.2 Å². The Labute approximate surface area is 118 Å². The third-order valence-corrected chi connectivity index (χ3v) is 4.73. The lowest BCUT2D eigenvalue weighted by Gasteiger charge is -2.20. The van der Waals surface area contributed by atoms with Crippen molar-refractivity contribution in [2.24, 2.45) is 5.92 Å². The van der Waals surface area contributed by atoms with Crippen LogP contribution >= 0.6 is 0 Å². The maximum Gasteiger partial charge on any atom is 0.0897 e. The van der Waals surface area contributed by atoms with Gasteiger partial charge in [0, 0.05) is 12.6 Å². The number of rotatable bonds is 6. The molecule has 3 atom stereocenters. The monoisotopic (exact) mass is 269 g/mol. The summed E-state index contributed by atoms with van der Waals surface area (Å²) in [5.41, 5.74) is 0. The fraction of sp³-hybridized carbons (Fsp3) is 1.00. The predicted molar refractivity (Wildman–Crippen MR) is 78.3 cm³/mol. The van der Waals surface area contributed by atoms with Crippen molar-refractivity contribution < 1.29 is 9.84 Å². The van der Waals surface area contributed by atoms with Crippen LogP contribution in [0.4, 0.5) is 0 Å². The van der Waals surface area contributed by atoms with Crippen LogP contribution in [0.2, 0.25) is 0 Å². The first kappa shape index (κ1) is 15.3. The highest BCUT2D eigenvalue weighted by atomic mass is 16.5. The lowest BCUT2D eigenvalue weighted by Crippen LogP contribution is -2.37. The van der Waals surface area contributed by atoms with E-state index in [1.807, 2.05) is 0 Å². The first-order valence-corrected chi connectivity index (χ1v) is 8.27. The summed E-state index contributed by atoms with van der Waals surface area (Å²) >= 11 is 0. The van der Waals surface area contributed by atoms with Crippen molar-refractivity contribution in [2.75, 3.05) is 13.2 Å². The summed E-state index contributed by atoms with van der Waals surface area (Å²) in [7, 11) is 0. The van der Waals surface area contributed by atoms with Crippen LogP contribution in [0.15, 0.2) is 0 Å². The minimum Gasteiger partial charge on any atom is -0.389 e. The minimum absolute atomic E-state index is 0.346. The fourth-order valence-electron chi connectivity index (χ4n) is 3.36. The summed E-state index contributed by atoms with van der Waals surface area (Å²) < 4.78 is 5.76. The maximum atomic E-state index is 9.97. The molecule has 19 heavy (non-hydrogen) atoms. The molecule has 0 radical (unpaired) electrons. The molecule has 0 aromatic heterocycles. The zero-order valence-corrected chi connectivity index (χ0v) is 12.4. The van der Waals surface area contributed by atoms with Gasteiger partial charge in [-0.1, -0.05) is 32.6 Å². The van der Waals surface area contributed by atoms with Crippen molar-refractivity contribution in [3.8, 4) is 0 Å². The Kier molecular flexibility index (Phi) is 6.62. The molecule has 112 valence electrons. The summed E-state index contributed by atoms with van der Waals surface area (Å²) in [5.74, 6) is 0.877. The SMILES string of the molecule is CC1CCCC(NCC(O)COC2CCCC2)CC1. The largest absolute Gasteiger partial charge is 0.389 e. The zero-order chi connectivity index (χ0) is 13.5. The average molecular weight is 269 g/mol. The third-order valence-electron chi connectivity index (χ3n) is 4.73. The molecule has 0 heterocycles. The smallest absolute Gasteiger partial charge is 0.0897 e. The van der Waals surface area contributed by atoms with Gasteiger partial charge < -0.3 is 15.2 Å². The van der Waals surface area contributed by atoms with E-state index >= 15 is 0 Å². The summed E-state index contributed by atoms with van der Waals surface area (Å²) in [6.07, 6.45) is 11.6. The Hall–Kier alpha value is -0.120. The van der Waals surface area contributed by atoms with Gasteiger partial charge in [0.2, 0.25) is 0 Å². The second kappa shape index (κ2) is 8.23. The van der Waals surface area contributed by atoms with E-state index in [-0.39, 0.29) is 6.10 Å². The van der Waals surface area contributed by atoms with Crippen LogP contribution in [-0.2, 0) is 4.74 Å². The van der Waals surface area contributed by atoms with Crippen LogP contribution in [0, 0.1) is 5.92 Å². The van der Waals surface area contributed by atoms with E-state index < -0.39 is 0 Å². The molecule has 2 N–H and O–H groups in total. The quantitative estimate of drug-likeness (QED) is 0.729. The molecule has 0 saturated heterocycles. The lowest BCUT2D eigenvalue weighted by atomic mass is 10.0. The van der Waals surface area contributed by atoms with Crippen molar-refractivity contribution in [2.45, 2.75) is 83.0 Å². The maximum absolute atomic E-state index is 9.97. The first-order chi connectivity index (χ1) is 9.24. The van der Waals surface area contributed by atoms with Crippen molar-refractivity contribution >= 4 is 0 Å². The molecule has 3 unspecified atom stereocenters. The standard InChI is InChI=1S/C16H31NO2/c1-13-5-4-6-14(10-9-13)17-11-15(18)12-19-16-7-2-3-8-16/h13-18H,2-12H2,1H3. The second-order valence-electron chi connectivity index (χ2n) is 6.61. The molecule has 2 aliphatic rings. The number of aliphatic hydroxyl groups is 1. The van der Waals surface area contributed by atoms with Gasteiger partial charge in [0.25, 0.3) is 0 Å². The van der Waals surface area contributed by atoms with Gasteiger partial charge in [-0.05, 0) is 38.0 Å². The highest BCUT2D eigenvalue weighted by Crippen LogP contribution is 2.23. The van der Waals surface area contributed by atoms with Gasteiger partial charge in [0.1, 0.15) is 0 Å². The van der Waals surface area contributed by atoms with Crippen molar-refractivity contribution in [3.05, 3.63) is 0 Å². The molecule has 3 nitrogen and oxygen atoms in total. The molecule has 0 bridgehead atoms. The van der Waals surface area contributed by atoms with Gasteiger partial charge in [-0.3, -0.25) is 0 Å². The number of aliphatic hydroxyl groups excluding tert-OH is 1. The minimum atomic E-state index is -0.346. The van der Waals surface area contributed by atoms with Gasteiger partial charge in [-0.25, -0.2) is 0 Å². The van der Waals surface area contributed by atoms with Gasteiger partial charge in [0.05, 0.1) is 18.8 Å². The van der Waals surface area contributed by atoms with Gasteiger partial charge >= 0.3 is 0 Å². The Morgan fingerprint density at radius 1 is 1.05 bits per heavy atom. The molecule has 2 aliphatic carbocycles. The van der Waals surface area contributed by atoms with Crippen molar-refractivity contribution in [1.29, 1.82) is 0 Å². The van der Waals surface area contributed by atoms with E-state index in [1.54, 1.807) is 0 Å². The second-order valence-corrected chi connectivity index (χ2v) is 6.61. The topological polar surface area (TPSA) is 41.5 Å². The van der Waals surface area contributed by atoms with E-state index in [4.69, 9.17) is 4.74 Å². The van der Waals surface area contributed by atoms with Crippen LogP contribution in [0.25, 0.3) is 0 Å². The van der Waals surface area contributed by atoms with Crippen LogP contribution in [0.5, 0.6) is 0 Å². The van der Waals surface area contributed by atoms with Gasteiger partial charge in [-0.2, -0.15) is 0 Å². The third kappa shape index (κ3) is 5.80. The molecule has 0 aliphatic heterocycles. The Balaban J connectivity index is 1.55. The summed E-state index contributed by atoms with van der Waals surface area (Å²) in [5, 5.41) is 13.5. The van der Waals surface area contributed by atoms with Gasteiger partial charge in [-0.15, -0.1) is 0 Å². The molecule has 2 rings (SSSR count). The fourth-order valence-corrected chi connectivity index (χ4v) is 3.36. The number of nitrogens with one attached hydrogen (secondary N) is 1. The average Bonchev–Trinajstić information content (AvgIpc) is 2.84. The zero-order valence-electron chi connectivity index (χ0n) is 12.4. The Morgan fingerprint density at radius 3 is 2.63 bits per heavy atom. The number of hydrogen-bond donors (Lipinski definition) is 2. The van der Waals surface area contributed by atoms with E-state index in [1.165, 1.54) is 57.8 Å². The first-order valence-electron chi connectivity index (χ1n) is 8.27. The Bertz CT molecular complexity index is 241. The molecule has 0 amide bonds. The summed E-state index contributed by atoms with van der Waals surface area (Å²) in [6, 6.07) is 0.603. The molecular formula is C16H31NO2. The molecule has 2 saturated carbocycles. The van der Waals surface area contributed by atoms with E-state index in [0.29, 0.717) is 25.3 Å². The number of hydrogen-bond acceptors (Lipinski definition) is 3. The van der Waals surface area contributed by atoms with E-state index in [0.717, 1.165) is 5.92 Å². The van der Waals surface area contributed by atoms with Crippen LogP contribution in [0.1, 0.15) is 64.7 Å². The molecule has 0 spiro atoms. The summed E-state index contributed by atoms with van der Waals surface area (Å²) in [4.78, 5) is 0. The van der Waals surface area contributed by atoms with Crippen molar-refractivity contribution in [1.82, 2.24) is 5.32 Å². The molecule has 2 fully saturated rings. The van der Waals surface area contributed by atoms with Crippen LogP contribution < -0.4 is 5.32 Å². The van der Waals surface area contributed by atoms with Crippen LogP contribution in [0.3, 0.4) is 0 Å². The van der Waals surface area contributed by atoms with Crippen LogP contribution in [-0.4, -0.2) is 36.5 Å². The number of ether oxygens (including phenoxy) is 1. The predicted octanol–water partition coefficient (Wildman–Crippen LogP) is 2.86. The normalized spacial score (nSPS) is 31.3. The van der Waals surface area contributed by atoms with Gasteiger partial charge in [0.15, 0.2) is 0 Å². The molecule has 3 heteroatoms. The molecule has 0 aromatic carbocycles. The van der Waals surface area contributed by atoms with Crippen molar-refractivity contribution in [3.63, 3.8) is 0 Å². The molecular weight excluding hydrogens is 238 g/mol. The molecule has 0 aromatic rings. The highest BCUT2D eigenvalue weighted by molar-refractivity contribution is 4.75. The Morgan fingerprint density at radius 2 is 1.84 bits per heavy atom. The van der Waals surface area contributed by atoms with E-state index in [9.17, 15) is 5.11 Å². The highest BCUT2D eigenvalue weighted by Gasteiger charge is 2.19. The summed E-state index contributed by atoms with van der Waals surface area (Å²) in [6.45, 7) is 3.54.